The first-order valence-corrected chi connectivity index (χ1v) is 12.1. The summed E-state index contributed by atoms with van der Waals surface area (Å²) in [7, 11) is -7.29. The molecule has 144 valence electrons. The van der Waals surface area contributed by atoms with Crippen molar-refractivity contribution in [1.29, 1.82) is 0 Å². The fourth-order valence-electron chi connectivity index (χ4n) is 3.75. The molecule has 7 nitrogen and oxygen atoms in total. The second-order valence-electron chi connectivity index (χ2n) is 6.89. The molecule has 0 radical (unpaired) electrons. The quantitative estimate of drug-likeness (QED) is 0.757. The largest absolute Gasteiger partial charge is 0.369 e. The van der Waals surface area contributed by atoms with Gasteiger partial charge >= 0.3 is 0 Å². The molecule has 3 rings (SSSR count). The lowest BCUT2D eigenvalue weighted by atomic mass is 9.95. The van der Waals surface area contributed by atoms with Crippen molar-refractivity contribution in [3.05, 3.63) is 29.3 Å². The molecule has 2 aliphatic heterocycles. The van der Waals surface area contributed by atoms with Gasteiger partial charge in [-0.25, -0.2) is 16.8 Å². The van der Waals surface area contributed by atoms with Crippen LogP contribution in [0.25, 0.3) is 0 Å². The summed E-state index contributed by atoms with van der Waals surface area (Å²) in [4.78, 5) is 13.3. The fraction of sp³-hybridized carbons (Fsp3) is 0.562. The van der Waals surface area contributed by atoms with Crippen LogP contribution >= 0.6 is 11.6 Å². The van der Waals surface area contributed by atoms with Crippen molar-refractivity contribution in [2.45, 2.75) is 29.0 Å². The Morgan fingerprint density at radius 1 is 1.12 bits per heavy atom. The van der Waals surface area contributed by atoms with Crippen LogP contribution in [0.2, 0.25) is 5.02 Å². The normalized spacial score (nSPS) is 27.4. The van der Waals surface area contributed by atoms with Gasteiger partial charge in [0.2, 0.25) is 5.91 Å². The highest BCUT2D eigenvalue weighted by Gasteiger charge is 2.48. The first-order valence-electron chi connectivity index (χ1n) is 8.33. The van der Waals surface area contributed by atoms with E-state index in [1.807, 2.05) is 4.90 Å². The topological polar surface area (TPSA) is 115 Å². The van der Waals surface area contributed by atoms with Gasteiger partial charge in [-0.05, 0) is 50.2 Å². The average molecular weight is 421 g/mol. The molecule has 1 aromatic rings. The van der Waals surface area contributed by atoms with Crippen LogP contribution in [0, 0.1) is 5.92 Å². The Morgan fingerprint density at radius 2 is 1.69 bits per heavy atom. The summed E-state index contributed by atoms with van der Waals surface area (Å²) >= 11 is 5.82. The Morgan fingerprint density at radius 3 is 2.23 bits per heavy atom. The molecule has 10 heteroatoms. The SMILES string of the molecule is NC(=O)C1CCN([C@@H]2CS(=O)(=O)C[C@H]2S(=O)(=O)c2ccc(Cl)cc2)CC1. The smallest absolute Gasteiger partial charge is 0.220 e. The van der Waals surface area contributed by atoms with Crippen molar-refractivity contribution in [1.82, 2.24) is 4.90 Å². The van der Waals surface area contributed by atoms with Crippen LogP contribution in [0.3, 0.4) is 0 Å². The Labute approximate surface area is 158 Å². The third kappa shape index (κ3) is 3.90. The van der Waals surface area contributed by atoms with E-state index in [0.717, 1.165) is 0 Å². The highest BCUT2D eigenvalue weighted by atomic mass is 35.5. The van der Waals surface area contributed by atoms with Crippen molar-refractivity contribution < 1.29 is 21.6 Å². The van der Waals surface area contributed by atoms with Crippen LogP contribution in [-0.2, 0) is 24.5 Å². The zero-order chi connectivity index (χ0) is 19.1. The maximum Gasteiger partial charge on any atom is 0.220 e. The van der Waals surface area contributed by atoms with E-state index in [0.29, 0.717) is 31.0 Å². The molecule has 0 bridgehead atoms. The van der Waals surface area contributed by atoms with E-state index in [-0.39, 0.29) is 22.5 Å². The number of carbonyl (C=O) groups is 1. The molecule has 1 amide bonds. The van der Waals surface area contributed by atoms with Crippen molar-refractivity contribution in [2.24, 2.45) is 11.7 Å². The number of sulfone groups is 2. The summed E-state index contributed by atoms with van der Waals surface area (Å²) in [6, 6.07) is 5.14. The second-order valence-corrected chi connectivity index (χ2v) is 11.7. The summed E-state index contributed by atoms with van der Waals surface area (Å²) in [6.45, 7) is 0.918. The average Bonchev–Trinajstić information content (AvgIpc) is 2.92. The standard InChI is InChI=1S/C16H21ClN2O5S2/c17-12-1-3-13(4-2-12)26(23,24)15-10-25(21,22)9-14(15)19-7-5-11(6-8-19)16(18)20/h1-4,11,14-15H,5-10H2,(H2,18,20)/t14-,15-/m1/s1. The zero-order valence-corrected chi connectivity index (χ0v) is 16.4. The Hall–Kier alpha value is -1.16. The van der Waals surface area contributed by atoms with Crippen LogP contribution in [0.4, 0.5) is 0 Å². The van der Waals surface area contributed by atoms with E-state index in [1.165, 1.54) is 24.3 Å². The van der Waals surface area contributed by atoms with Gasteiger partial charge < -0.3 is 5.73 Å². The van der Waals surface area contributed by atoms with Gasteiger partial charge in [0.15, 0.2) is 19.7 Å². The van der Waals surface area contributed by atoms with Gasteiger partial charge in [-0.1, -0.05) is 11.6 Å². The Kier molecular flexibility index (Phi) is 5.35. The number of likely N-dealkylation sites (tertiary alicyclic amines) is 1. The molecule has 2 atom stereocenters. The fourth-order valence-corrected chi connectivity index (χ4v) is 8.70. The molecule has 2 N–H and O–H groups in total. The molecule has 2 aliphatic rings. The van der Waals surface area contributed by atoms with Gasteiger partial charge in [-0.2, -0.15) is 0 Å². The number of nitrogens with two attached hydrogens (primary N) is 1. The minimum atomic E-state index is -3.83. The third-order valence-electron chi connectivity index (χ3n) is 5.21. The third-order valence-corrected chi connectivity index (χ3v) is 9.60. The predicted molar refractivity (Wildman–Crippen MR) is 98.4 cm³/mol. The number of piperidine rings is 1. The van der Waals surface area contributed by atoms with Gasteiger partial charge in [-0.3, -0.25) is 9.69 Å². The molecule has 26 heavy (non-hydrogen) atoms. The maximum absolute atomic E-state index is 13.1. The number of primary amides is 1. The number of hydrogen-bond donors (Lipinski definition) is 1. The van der Waals surface area contributed by atoms with Crippen molar-refractivity contribution in [3.63, 3.8) is 0 Å². The van der Waals surface area contributed by atoms with Crippen molar-refractivity contribution >= 4 is 37.2 Å². The number of hydrogen-bond acceptors (Lipinski definition) is 6. The highest BCUT2D eigenvalue weighted by molar-refractivity contribution is 7.96. The zero-order valence-electron chi connectivity index (χ0n) is 14.0. The minimum absolute atomic E-state index is 0.0704. The molecule has 2 heterocycles. The van der Waals surface area contributed by atoms with Crippen LogP contribution < -0.4 is 5.73 Å². The lowest BCUT2D eigenvalue weighted by Gasteiger charge is -2.36. The maximum atomic E-state index is 13.1. The van der Waals surface area contributed by atoms with Gasteiger partial charge in [0, 0.05) is 17.0 Å². The summed E-state index contributed by atoms with van der Waals surface area (Å²) in [5.74, 6) is -1.19. The van der Waals surface area contributed by atoms with E-state index in [2.05, 4.69) is 0 Å². The number of carbonyl (C=O) groups excluding carboxylic acids is 1. The Bertz CT molecular complexity index is 891. The molecule has 0 aliphatic carbocycles. The van der Waals surface area contributed by atoms with E-state index in [1.54, 1.807) is 0 Å². The van der Waals surface area contributed by atoms with E-state index in [4.69, 9.17) is 17.3 Å². The molecule has 0 aromatic heterocycles. The van der Waals surface area contributed by atoms with Crippen LogP contribution in [0.5, 0.6) is 0 Å². The molecule has 2 saturated heterocycles. The number of amides is 1. The summed E-state index contributed by atoms with van der Waals surface area (Å²) in [5.41, 5.74) is 5.33. The number of nitrogens with zero attached hydrogens (tertiary/aromatic N) is 1. The molecule has 0 saturated carbocycles. The molecule has 0 unspecified atom stereocenters. The summed E-state index contributed by atoms with van der Waals surface area (Å²) < 4.78 is 50.5. The lowest BCUT2D eigenvalue weighted by molar-refractivity contribution is -0.123. The number of halogens is 1. The summed E-state index contributed by atoms with van der Waals surface area (Å²) in [5, 5.41) is -0.619. The minimum Gasteiger partial charge on any atom is -0.369 e. The van der Waals surface area contributed by atoms with Gasteiger partial charge in [0.25, 0.3) is 0 Å². The number of benzene rings is 1. The van der Waals surface area contributed by atoms with E-state index >= 15 is 0 Å². The molecular formula is C16H21ClN2O5S2. The predicted octanol–water partition coefficient (Wildman–Crippen LogP) is 0.477. The Balaban J connectivity index is 1.87. The van der Waals surface area contributed by atoms with Crippen LogP contribution in [-0.4, -0.2) is 63.5 Å². The van der Waals surface area contributed by atoms with Crippen molar-refractivity contribution in [2.75, 3.05) is 24.6 Å². The van der Waals surface area contributed by atoms with Crippen LogP contribution in [0.1, 0.15) is 12.8 Å². The first kappa shape index (κ1) is 19.6. The van der Waals surface area contributed by atoms with Gasteiger partial charge in [0.1, 0.15) is 0 Å². The number of rotatable bonds is 4. The monoisotopic (exact) mass is 420 g/mol. The molecular weight excluding hydrogens is 400 g/mol. The van der Waals surface area contributed by atoms with Crippen molar-refractivity contribution in [3.8, 4) is 0 Å². The second kappa shape index (κ2) is 7.10. The molecule has 0 spiro atoms. The van der Waals surface area contributed by atoms with E-state index in [9.17, 15) is 21.6 Å². The summed E-state index contributed by atoms with van der Waals surface area (Å²) in [6.07, 6.45) is 1.03. The lowest BCUT2D eigenvalue weighted by Crippen LogP contribution is -2.50. The highest BCUT2D eigenvalue weighted by Crippen LogP contribution is 2.31. The molecule has 2 fully saturated rings. The first-order chi connectivity index (χ1) is 12.1. The van der Waals surface area contributed by atoms with E-state index < -0.39 is 36.7 Å². The van der Waals surface area contributed by atoms with Gasteiger partial charge in [-0.15, -0.1) is 0 Å². The van der Waals surface area contributed by atoms with Crippen LogP contribution in [0.15, 0.2) is 29.2 Å². The molecule has 1 aromatic carbocycles. The van der Waals surface area contributed by atoms with Gasteiger partial charge in [0.05, 0.1) is 21.7 Å².